The first-order valence-corrected chi connectivity index (χ1v) is 9.46. The summed E-state index contributed by atoms with van der Waals surface area (Å²) in [5, 5.41) is -1.32. The summed E-state index contributed by atoms with van der Waals surface area (Å²) in [4.78, 5) is 0. The second-order valence-corrected chi connectivity index (χ2v) is 8.11. The Bertz CT molecular complexity index is 727. The summed E-state index contributed by atoms with van der Waals surface area (Å²) in [5.41, 5.74) is -1.23. The Morgan fingerprint density at radius 1 is 0.931 bits per heavy atom. The molecule has 0 spiro atoms. The molecule has 0 heterocycles. The Hall–Kier alpha value is -1.28. The Morgan fingerprint density at radius 3 is 1.83 bits per heavy atom. The average Bonchev–Trinajstić information content (AvgIpc) is 2.52. The van der Waals surface area contributed by atoms with Crippen molar-refractivity contribution in [2.45, 2.75) is 61.0 Å². The summed E-state index contributed by atoms with van der Waals surface area (Å²) in [6.45, 7) is 1.03. The maximum atomic E-state index is 13.4. The Labute approximate surface area is 160 Å². The fraction of sp³-hybridized carbons (Fsp3) is 0.733. The van der Waals surface area contributed by atoms with Gasteiger partial charge in [0.1, 0.15) is 10.9 Å². The largest absolute Gasteiger partial charge is 0.460 e. The zero-order valence-electron chi connectivity index (χ0n) is 14.7. The first kappa shape index (κ1) is 25.8. The molecule has 29 heavy (non-hydrogen) atoms. The van der Waals surface area contributed by atoms with E-state index in [9.17, 15) is 47.9 Å². The van der Waals surface area contributed by atoms with Crippen LogP contribution < -0.4 is 0 Å². The number of unbranched alkanes of at least 4 members (excludes halogenated alkanes) is 1. The van der Waals surface area contributed by atoms with Crippen LogP contribution in [-0.2, 0) is 14.9 Å². The molecule has 0 aliphatic heterocycles. The molecule has 1 N–H and O–H groups in total. The molecule has 0 aromatic rings. The third-order valence-electron chi connectivity index (χ3n) is 4.09. The molecule has 0 radical (unpaired) electrons. The van der Waals surface area contributed by atoms with Crippen molar-refractivity contribution in [3.05, 3.63) is 24.3 Å². The van der Waals surface area contributed by atoms with Gasteiger partial charge in [0.2, 0.25) is 0 Å². The molecule has 0 saturated carbocycles. The van der Waals surface area contributed by atoms with E-state index in [0.29, 0.717) is 0 Å². The maximum absolute atomic E-state index is 13.4. The van der Waals surface area contributed by atoms with E-state index in [1.165, 1.54) is 19.1 Å². The van der Waals surface area contributed by atoms with Crippen LogP contribution in [0.4, 0.5) is 39.5 Å². The topological polar surface area (TPSA) is 63.6 Å². The van der Waals surface area contributed by atoms with E-state index in [1.807, 2.05) is 0 Å². The zero-order chi connectivity index (χ0) is 22.9. The molecule has 0 fully saturated rings. The van der Waals surface area contributed by atoms with Crippen LogP contribution in [0.2, 0.25) is 0 Å². The van der Waals surface area contributed by atoms with Gasteiger partial charge in [-0.2, -0.15) is 47.9 Å². The van der Waals surface area contributed by atoms with Crippen molar-refractivity contribution >= 4 is 10.1 Å². The van der Waals surface area contributed by atoms with Crippen LogP contribution in [0.1, 0.15) is 26.2 Å². The summed E-state index contributed by atoms with van der Waals surface area (Å²) < 4.78 is 151. The van der Waals surface area contributed by atoms with Crippen molar-refractivity contribution in [2.75, 3.05) is 6.61 Å². The van der Waals surface area contributed by atoms with Crippen LogP contribution in [0.3, 0.4) is 0 Å². The van der Waals surface area contributed by atoms with Gasteiger partial charge in [0.05, 0.1) is 0 Å². The molecule has 0 atom stereocenters. The Morgan fingerprint density at radius 2 is 1.41 bits per heavy atom. The summed E-state index contributed by atoms with van der Waals surface area (Å²) in [6, 6.07) is 0. The Kier molecular flexibility index (Phi) is 7.19. The highest BCUT2D eigenvalue weighted by Crippen LogP contribution is 2.54. The van der Waals surface area contributed by atoms with Gasteiger partial charge in [-0.1, -0.05) is 24.3 Å². The van der Waals surface area contributed by atoms with Gasteiger partial charge in [0.25, 0.3) is 10.1 Å². The van der Waals surface area contributed by atoms with Crippen molar-refractivity contribution in [1.29, 1.82) is 0 Å². The molecule has 0 amide bonds. The Balaban J connectivity index is 2.59. The second-order valence-electron chi connectivity index (χ2n) is 6.54. The van der Waals surface area contributed by atoms with E-state index in [2.05, 4.69) is 0 Å². The summed E-state index contributed by atoms with van der Waals surface area (Å²) in [5.74, 6) is -19.2. The van der Waals surface area contributed by atoms with Crippen LogP contribution in [0.25, 0.3) is 0 Å². The number of ether oxygens (including phenoxy) is 1. The van der Waals surface area contributed by atoms with Crippen molar-refractivity contribution in [1.82, 2.24) is 0 Å². The average molecular weight is 464 g/mol. The van der Waals surface area contributed by atoms with Gasteiger partial charge in [-0.05, 0) is 19.8 Å². The number of alkyl halides is 9. The van der Waals surface area contributed by atoms with Gasteiger partial charge < -0.3 is 4.74 Å². The molecule has 1 aliphatic carbocycles. The van der Waals surface area contributed by atoms with Gasteiger partial charge in [0, 0.05) is 13.0 Å². The number of halogens is 9. The van der Waals surface area contributed by atoms with Crippen LogP contribution in [0, 0.1) is 0 Å². The number of hydrogen-bond acceptors (Lipinski definition) is 3. The minimum Gasteiger partial charge on any atom is -0.367 e. The quantitative estimate of drug-likeness (QED) is 0.231. The maximum Gasteiger partial charge on any atom is 0.460 e. The normalized spacial score (nSPS) is 24.2. The summed E-state index contributed by atoms with van der Waals surface area (Å²) >= 11 is 0. The lowest BCUT2D eigenvalue weighted by atomic mass is 9.98. The van der Waals surface area contributed by atoms with Crippen LogP contribution in [-0.4, -0.2) is 54.4 Å². The van der Waals surface area contributed by atoms with Crippen LogP contribution in [0.5, 0.6) is 0 Å². The molecular formula is C15H17F9O4S. The highest BCUT2D eigenvalue weighted by molar-refractivity contribution is 7.86. The van der Waals surface area contributed by atoms with Gasteiger partial charge >= 0.3 is 23.9 Å². The molecule has 170 valence electrons. The second kappa shape index (κ2) is 8.10. The number of rotatable bonds is 9. The lowest BCUT2D eigenvalue weighted by Crippen LogP contribution is -2.60. The SMILES string of the molecule is CC1(OCCCCC(F)(F)C(F)(F)C(F)(F)C(F)(F)F)C=CC(S(=O)(=O)O)C=C1. The molecule has 0 saturated heterocycles. The highest BCUT2D eigenvalue weighted by atomic mass is 32.2. The highest BCUT2D eigenvalue weighted by Gasteiger charge is 2.81. The van der Waals surface area contributed by atoms with Gasteiger partial charge in [-0.3, -0.25) is 4.55 Å². The molecule has 0 aromatic heterocycles. The van der Waals surface area contributed by atoms with E-state index in [4.69, 9.17) is 9.29 Å². The summed E-state index contributed by atoms with van der Waals surface area (Å²) in [6.07, 6.45) is -5.45. The summed E-state index contributed by atoms with van der Waals surface area (Å²) in [7, 11) is -4.38. The first-order valence-electron chi connectivity index (χ1n) is 7.96. The van der Waals surface area contributed by atoms with Crippen molar-refractivity contribution < 1.29 is 57.2 Å². The van der Waals surface area contributed by atoms with Crippen LogP contribution >= 0.6 is 0 Å². The first-order chi connectivity index (χ1) is 12.8. The van der Waals surface area contributed by atoms with Gasteiger partial charge in [0.15, 0.2) is 0 Å². The smallest absolute Gasteiger partial charge is 0.367 e. The van der Waals surface area contributed by atoms with E-state index in [-0.39, 0.29) is 13.0 Å². The molecule has 14 heteroatoms. The molecule has 0 aromatic carbocycles. The fourth-order valence-electron chi connectivity index (χ4n) is 2.29. The molecular weight excluding hydrogens is 447 g/mol. The third kappa shape index (κ3) is 5.66. The zero-order valence-corrected chi connectivity index (χ0v) is 15.5. The van der Waals surface area contributed by atoms with Crippen molar-refractivity contribution in [3.8, 4) is 0 Å². The molecule has 1 rings (SSSR count). The number of hydrogen-bond donors (Lipinski definition) is 1. The van der Waals surface area contributed by atoms with Gasteiger partial charge in [-0.15, -0.1) is 0 Å². The monoisotopic (exact) mass is 464 g/mol. The van der Waals surface area contributed by atoms with E-state index >= 15 is 0 Å². The minimum atomic E-state index is -6.91. The lowest BCUT2D eigenvalue weighted by molar-refractivity contribution is -0.396. The lowest BCUT2D eigenvalue weighted by Gasteiger charge is -2.33. The standard InChI is InChI=1S/C15H17F9O4S/c1-11(7-4-10(5-8-11)29(25,26)27)28-9-3-2-6-12(16,17)13(18,19)14(20,21)15(22,23)24/h4-5,7-8,10H,2-3,6,9H2,1H3,(H,25,26,27). The van der Waals surface area contributed by atoms with E-state index in [1.54, 1.807) is 0 Å². The third-order valence-corrected chi connectivity index (χ3v) is 5.09. The molecule has 1 aliphatic rings. The predicted molar refractivity (Wildman–Crippen MR) is 82.7 cm³/mol. The van der Waals surface area contributed by atoms with Gasteiger partial charge in [-0.25, -0.2) is 0 Å². The molecule has 4 nitrogen and oxygen atoms in total. The molecule has 0 unspecified atom stereocenters. The predicted octanol–water partition coefficient (Wildman–Crippen LogP) is 4.78. The van der Waals surface area contributed by atoms with Crippen molar-refractivity contribution in [2.24, 2.45) is 0 Å². The van der Waals surface area contributed by atoms with E-state index < -0.39 is 57.8 Å². The van der Waals surface area contributed by atoms with Crippen molar-refractivity contribution in [3.63, 3.8) is 0 Å². The molecule has 0 bridgehead atoms. The van der Waals surface area contributed by atoms with Crippen LogP contribution in [0.15, 0.2) is 24.3 Å². The van der Waals surface area contributed by atoms with E-state index in [0.717, 1.165) is 12.2 Å². The minimum absolute atomic E-state index is 0.376. The fourth-order valence-corrected chi connectivity index (χ4v) is 2.85.